The van der Waals surface area contributed by atoms with E-state index in [0.717, 1.165) is 45.5 Å². The van der Waals surface area contributed by atoms with E-state index in [1.807, 2.05) is 39.0 Å². The lowest BCUT2D eigenvalue weighted by molar-refractivity contribution is -0.122. The van der Waals surface area contributed by atoms with Crippen molar-refractivity contribution in [1.82, 2.24) is 5.32 Å². The predicted molar refractivity (Wildman–Crippen MR) is 110 cm³/mol. The molecule has 2 unspecified atom stereocenters. The van der Waals surface area contributed by atoms with Crippen molar-refractivity contribution in [3.8, 4) is 0 Å². The van der Waals surface area contributed by atoms with Crippen molar-refractivity contribution in [3.63, 3.8) is 0 Å². The van der Waals surface area contributed by atoms with E-state index in [-0.39, 0.29) is 11.7 Å². The zero-order chi connectivity index (χ0) is 21.9. The van der Waals surface area contributed by atoms with E-state index in [2.05, 4.69) is 5.32 Å². The lowest BCUT2D eigenvalue weighted by Crippen LogP contribution is -2.48. The fourth-order valence-corrected chi connectivity index (χ4v) is 4.29. The Bertz CT molecular complexity index is 1010. The molecule has 0 aliphatic heterocycles. The molecule has 0 spiro atoms. The second-order valence-electron chi connectivity index (χ2n) is 7.15. The van der Waals surface area contributed by atoms with Crippen LogP contribution in [0.5, 0.6) is 0 Å². The Kier molecular flexibility index (Phi) is 7.00. The molecule has 0 radical (unpaired) electrons. The molecule has 29 heavy (non-hydrogen) atoms. The number of hydrogen-bond acceptors (Lipinski definition) is 3. The van der Waals surface area contributed by atoms with Gasteiger partial charge in [0, 0.05) is 6.07 Å². The molecule has 0 saturated heterocycles. The van der Waals surface area contributed by atoms with Gasteiger partial charge in [0.2, 0.25) is 15.9 Å². The van der Waals surface area contributed by atoms with Crippen molar-refractivity contribution in [2.24, 2.45) is 0 Å². The summed E-state index contributed by atoms with van der Waals surface area (Å²) in [4.78, 5) is 12.9. The van der Waals surface area contributed by atoms with Gasteiger partial charge in [0.15, 0.2) is 11.6 Å². The Labute approximate surface area is 170 Å². The number of rotatable bonds is 7. The zero-order valence-electron chi connectivity index (χ0n) is 17.2. The van der Waals surface area contributed by atoms with Crippen LogP contribution in [0.4, 0.5) is 14.5 Å². The molecule has 0 aromatic heterocycles. The number of benzene rings is 2. The number of aryl methyl sites for hydroxylation is 2. The number of carbonyl (C=O) groups excluding carboxylic acids is 1. The molecule has 2 atom stereocenters. The molecule has 0 bridgehead atoms. The van der Waals surface area contributed by atoms with Gasteiger partial charge in [0.25, 0.3) is 0 Å². The maximum absolute atomic E-state index is 13.7. The van der Waals surface area contributed by atoms with Crippen LogP contribution in [0, 0.1) is 25.5 Å². The SMILES string of the molecule is CCC(NC(=O)C(C)N(c1ccc(F)c(F)c1)S(C)(=O)=O)c1ccc(C)c(C)c1. The number of sulfonamides is 1. The van der Waals surface area contributed by atoms with Crippen LogP contribution < -0.4 is 9.62 Å². The predicted octanol–water partition coefficient (Wildman–Crippen LogP) is 4.00. The summed E-state index contributed by atoms with van der Waals surface area (Å²) in [6, 6.07) is 7.13. The highest BCUT2D eigenvalue weighted by atomic mass is 32.2. The van der Waals surface area contributed by atoms with E-state index in [1.165, 1.54) is 6.92 Å². The average molecular weight is 425 g/mol. The number of halogens is 2. The molecule has 2 rings (SSSR count). The van der Waals surface area contributed by atoms with Gasteiger partial charge in [-0.1, -0.05) is 25.1 Å². The molecule has 0 saturated carbocycles. The monoisotopic (exact) mass is 424 g/mol. The van der Waals surface area contributed by atoms with E-state index in [1.54, 1.807) is 0 Å². The Morgan fingerprint density at radius 1 is 1.07 bits per heavy atom. The second-order valence-corrected chi connectivity index (χ2v) is 9.01. The van der Waals surface area contributed by atoms with Crippen molar-refractivity contribution in [3.05, 3.63) is 64.7 Å². The van der Waals surface area contributed by atoms with E-state index < -0.39 is 33.6 Å². The molecule has 0 aliphatic rings. The van der Waals surface area contributed by atoms with Gasteiger partial charge in [-0.2, -0.15) is 0 Å². The number of nitrogens with zero attached hydrogens (tertiary/aromatic N) is 1. The lowest BCUT2D eigenvalue weighted by atomic mass is 9.99. The molecule has 1 amide bonds. The first kappa shape index (κ1) is 22.8. The van der Waals surface area contributed by atoms with Crippen LogP contribution in [-0.2, 0) is 14.8 Å². The molecule has 0 heterocycles. The molecule has 5 nitrogen and oxygen atoms in total. The van der Waals surface area contributed by atoms with Gasteiger partial charge in [-0.05, 0) is 56.0 Å². The summed E-state index contributed by atoms with van der Waals surface area (Å²) in [6.45, 7) is 7.29. The minimum Gasteiger partial charge on any atom is -0.347 e. The van der Waals surface area contributed by atoms with Gasteiger partial charge in [-0.25, -0.2) is 17.2 Å². The molecule has 2 aromatic rings. The van der Waals surface area contributed by atoms with Crippen molar-refractivity contribution < 1.29 is 22.0 Å². The third-order valence-electron chi connectivity index (χ3n) is 4.90. The van der Waals surface area contributed by atoms with Gasteiger partial charge in [-0.3, -0.25) is 9.10 Å². The van der Waals surface area contributed by atoms with Crippen LogP contribution in [-0.4, -0.2) is 26.6 Å². The summed E-state index contributed by atoms with van der Waals surface area (Å²) < 4.78 is 52.3. The third-order valence-corrected chi connectivity index (χ3v) is 6.15. The van der Waals surface area contributed by atoms with E-state index >= 15 is 0 Å². The fraction of sp³-hybridized carbons (Fsp3) is 0.381. The van der Waals surface area contributed by atoms with Crippen LogP contribution in [0.25, 0.3) is 0 Å². The largest absolute Gasteiger partial charge is 0.347 e. The topological polar surface area (TPSA) is 66.5 Å². The van der Waals surface area contributed by atoms with E-state index in [0.29, 0.717) is 6.42 Å². The average Bonchev–Trinajstić information content (AvgIpc) is 2.63. The third kappa shape index (κ3) is 5.32. The number of carbonyl (C=O) groups is 1. The number of amides is 1. The van der Waals surface area contributed by atoms with Crippen molar-refractivity contribution >= 4 is 21.6 Å². The number of anilines is 1. The van der Waals surface area contributed by atoms with Crippen molar-refractivity contribution in [2.75, 3.05) is 10.6 Å². The fourth-order valence-electron chi connectivity index (χ4n) is 3.13. The highest BCUT2D eigenvalue weighted by Gasteiger charge is 2.31. The highest BCUT2D eigenvalue weighted by molar-refractivity contribution is 7.92. The van der Waals surface area contributed by atoms with Crippen molar-refractivity contribution in [2.45, 2.75) is 46.2 Å². The zero-order valence-corrected chi connectivity index (χ0v) is 18.0. The summed E-state index contributed by atoms with van der Waals surface area (Å²) >= 11 is 0. The highest BCUT2D eigenvalue weighted by Crippen LogP contribution is 2.25. The van der Waals surface area contributed by atoms with Crippen LogP contribution in [0.2, 0.25) is 0 Å². The minimum absolute atomic E-state index is 0.117. The van der Waals surface area contributed by atoms with E-state index in [9.17, 15) is 22.0 Å². The lowest BCUT2D eigenvalue weighted by Gasteiger charge is -2.30. The maximum atomic E-state index is 13.7. The van der Waals surface area contributed by atoms with Gasteiger partial charge in [0.05, 0.1) is 18.0 Å². The van der Waals surface area contributed by atoms with Crippen LogP contribution in [0.1, 0.15) is 43.0 Å². The van der Waals surface area contributed by atoms with Crippen LogP contribution in [0.15, 0.2) is 36.4 Å². The number of nitrogens with one attached hydrogen (secondary N) is 1. The van der Waals surface area contributed by atoms with E-state index in [4.69, 9.17) is 0 Å². The van der Waals surface area contributed by atoms with Crippen LogP contribution in [0.3, 0.4) is 0 Å². The molecular weight excluding hydrogens is 398 g/mol. The first-order valence-electron chi connectivity index (χ1n) is 9.27. The Morgan fingerprint density at radius 3 is 2.24 bits per heavy atom. The first-order chi connectivity index (χ1) is 13.5. The van der Waals surface area contributed by atoms with Gasteiger partial charge >= 0.3 is 0 Å². The van der Waals surface area contributed by atoms with Crippen molar-refractivity contribution in [1.29, 1.82) is 0 Å². The Balaban J connectivity index is 2.32. The molecule has 1 N–H and O–H groups in total. The van der Waals surface area contributed by atoms with Gasteiger partial charge in [-0.15, -0.1) is 0 Å². The summed E-state index contributed by atoms with van der Waals surface area (Å²) in [5.41, 5.74) is 3.01. The molecular formula is C21H26F2N2O3S. The Morgan fingerprint density at radius 2 is 1.72 bits per heavy atom. The summed E-state index contributed by atoms with van der Waals surface area (Å²) in [6.07, 6.45) is 1.52. The molecule has 158 valence electrons. The molecule has 0 aliphatic carbocycles. The summed E-state index contributed by atoms with van der Waals surface area (Å²) in [5, 5.41) is 2.86. The maximum Gasteiger partial charge on any atom is 0.244 e. The summed E-state index contributed by atoms with van der Waals surface area (Å²) in [7, 11) is -3.93. The smallest absolute Gasteiger partial charge is 0.244 e. The molecule has 2 aromatic carbocycles. The second kappa shape index (κ2) is 8.90. The summed E-state index contributed by atoms with van der Waals surface area (Å²) in [5.74, 6) is -2.82. The quantitative estimate of drug-likeness (QED) is 0.731. The molecule has 8 heteroatoms. The van der Waals surface area contributed by atoms with Crippen LogP contribution >= 0.6 is 0 Å². The minimum atomic E-state index is -3.93. The standard InChI is InChI=1S/C21H26F2N2O3S/c1-6-20(16-8-7-13(2)14(3)11-16)24-21(26)15(4)25(29(5,27)28)17-9-10-18(22)19(23)12-17/h7-12,15,20H,6H2,1-5H3,(H,24,26). The number of hydrogen-bond donors (Lipinski definition) is 1. The first-order valence-corrected chi connectivity index (χ1v) is 11.1. The Hall–Kier alpha value is -2.48. The normalized spacial score (nSPS) is 13.6. The van der Waals surface area contributed by atoms with Gasteiger partial charge in [0.1, 0.15) is 6.04 Å². The molecule has 0 fully saturated rings. The van der Waals surface area contributed by atoms with Gasteiger partial charge < -0.3 is 5.32 Å².